The maximum absolute atomic E-state index is 11.3. The van der Waals surface area contributed by atoms with Crippen molar-refractivity contribution in [2.75, 3.05) is 38.7 Å². The molecule has 1 aliphatic heterocycles. The van der Waals surface area contributed by atoms with Gasteiger partial charge in [-0.3, -0.25) is 4.79 Å². The van der Waals surface area contributed by atoms with Crippen LogP contribution in [0.4, 0.5) is 0 Å². The maximum Gasteiger partial charge on any atom is 0.234 e. The van der Waals surface area contributed by atoms with E-state index in [1.165, 1.54) is 0 Å². The van der Waals surface area contributed by atoms with Gasteiger partial charge in [-0.25, -0.2) is 0 Å². The number of carbonyl (C=O) groups excluding carboxylic acids is 1. The maximum atomic E-state index is 11.3. The minimum absolute atomic E-state index is 0.139. The average Bonchev–Trinajstić information content (AvgIpc) is 2.63. The third kappa shape index (κ3) is 4.40. The lowest BCUT2D eigenvalue weighted by molar-refractivity contribution is -0.121. The van der Waals surface area contributed by atoms with Crippen LogP contribution in [0.15, 0.2) is 0 Å². The van der Waals surface area contributed by atoms with Gasteiger partial charge in [-0.05, 0) is 37.9 Å². The molecule has 0 spiro atoms. The smallest absolute Gasteiger partial charge is 0.234 e. The molecule has 0 aromatic heterocycles. The fourth-order valence-electron chi connectivity index (χ4n) is 1.76. The Hall–Kier alpha value is -0.260. The minimum atomic E-state index is -0.207. The number of nitrogens with zero attached hydrogens (tertiary/aromatic N) is 1. The number of thioether (sulfide) groups is 1. The highest BCUT2D eigenvalue weighted by molar-refractivity contribution is 7.99. The summed E-state index contributed by atoms with van der Waals surface area (Å²) in [6.45, 7) is 1.76. The Bertz CT molecular complexity index is 205. The number of carbonyl (C=O) groups is 1. The largest absolute Gasteiger partial charge is 0.368 e. The fourth-order valence-corrected chi connectivity index (χ4v) is 3.06. The van der Waals surface area contributed by atoms with Gasteiger partial charge in [0.1, 0.15) is 0 Å². The van der Waals surface area contributed by atoms with Crippen molar-refractivity contribution in [1.82, 2.24) is 10.2 Å². The molecule has 0 aromatic carbocycles. The van der Waals surface area contributed by atoms with Gasteiger partial charge < -0.3 is 16.0 Å². The van der Waals surface area contributed by atoms with Crippen LogP contribution in [0, 0.1) is 5.92 Å². The first-order valence-corrected chi connectivity index (χ1v) is 6.52. The highest BCUT2D eigenvalue weighted by Gasteiger charge is 2.28. The van der Waals surface area contributed by atoms with Crippen LogP contribution in [-0.2, 0) is 4.79 Å². The van der Waals surface area contributed by atoms with E-state index in [4.69, 9.17) is 5.73 Å². The van der Waals surface area contributed by atoms with Crippen molar-refractivity contribution in [2.45, 2.75) is 12.5 Å². The molecule has 1 aliphatic rings. The van der Waals surface area contributed by atoms with Crippen molar-refractivity contribution in [3.63, 3.8) is 0 Å². The highest BCUT2D eigenvalue weighted by Crippen LogP contribution is 2.26. The number of amides is 1. The van der Waals surface area contributed by atoms with E-state index in [0.29, 0.717) is 5.92 Å². The van der Waals surface area contributed by atoms with Gasteiger partial charge in [0.05, 0.1) is 6.04 Å². The zero-order chi connectivity index (χ0) is 11.3. The quantitative estimate of drug-likeness (QED) is 0.661. The summed E-state index contributed by atoms with van der Waals surface area (Å²) in [6, 6.07) is -0.139. The summed E-state index contributed by atoms with van der Waals surface area (Å²) in [6.07, 6.45) is 1.10. The first-order chi connectivity index (χ1) is 7.11. The van der Waals surface area contributed by atoms with Crippen LogP contribution in [0.5, 0.6) is 0 Å². The van der Waals surface area contributed by atoms with E-state index in [2.05, 4.69) is 10.2 Å². The molecule has 3 N–H and O–H groups in total. The third-order valence-electron chi connectivity index (χ3n) is 2.67. The van der Waals surface area contributed by atoms with Crippen molar-refractivity contribution in [3.05, 3.63) is 0 Å². The van der Waals surface area contributed by atoms with E-state index >= 15 is 0 Å². The predicted octanol–water partition coefficient (Wildman–Crippen LogP) is -0.255. The van der Waals surface area contributed by atoms with Gasteiger partial charge in [-0.1, -0.05) is 0 Å². The SMILES string of the molecule is CN(C)CCNC(C(N)=O)C1CCSC1. The van der Waals surface area contributed by atoms with E-state index in [-0.39, 0.29) is 11.9 Å². The number of hydrogen-bond donors (Lipinski definition) is 2. The van der Waals surface area contributed by atoms with E-state index in [0.717, 1.165) is 31.0 Å². The molecule has 0 aromatic rings. The number of likely N-dealkylation sites (N-methyl/N-ethyl adjacent to an activating group) is 1. The summed E-state index contributed by atoms with van der Waals surface area (Å²) >= 11 is 1.91. The molecule has 4 nitrogen and oxygen atoms in total. The Balaban J connectivity index is 2.33. The van der Waals surface area contributed by atoms with Crippen LogP contribution in [0.3, 0.4) is 0 Å². The Morgan fingerprint density at radius 3 is 2.87 bits per heavy atom. The summed E-state index contributed by atoms with van der Waals surface area (Å²) in [7, 11) is 4.04. The van der Waals surface area contributed by atoms with E-state index in [1.807, 2.05) is 25.9 Å². The lowest BCUT2D eigenvalue weighted by Gasteiger charge is -2.22. The highest BCUT2D eigenvalue weighted by atomic mass is 32.2. The lowest BCUT2D eigenvalue weighted by atomic mass is 9.99. The lowest BCUT2D eigenvalue weighted by Crippen LogP contribution is -2.48. The fraction of sp³-hybridized carbons (Fsp3) is 0.900. The molecule has 88 valence electrons. The average molecular weight is 231 g/mol. The summed E-state index contributed by atoms with van der Waals surface area (Å²) in [5, 5.41) is 3.26. The molecule has 2 unspecified atom stereocenters. The van der Waals surface area contributed by atoms with E-state index in [9.17, 15) is 4.79 Å². The summed E-state index contributed by atoms with van der Waals surface area (Å²) < 4.78 is 0. The molecule has 0 radical (unpaired) electrons. The summed E-state index contributed by atoms with van der Waals surface area (Å²) in [4.78, 5) is 13.4. The molecule has 5 heteroatoms. The molecule has 0 aliphatic carbocycles. The number of hydrogen-bond acceptors (Lipinski definition) is 4. The molecule has 15 heavy (non-hydrogen) atoms. The molecule has 1 heterocycles. The van der Waals surface area contributed by atoms with Gasteiger partial charge in [0, 0.05) is 13.1 Å². The molecule has 1 fully saturated rings. The number of nitrogens with two attached hydrogens (primary N) is 1. The van der Waals surface area contributed by atoms with Crippen LogP contribution in [-0.4, -0.2) is 55.5 Å². The first-order valence-electron chi connectivity index (χ1n) is 5.36. The Kier molecular flexibility index (Phi) is 5.42. The van der Waals surface area contributed by atoms with Crippen LogP contribution in [0.25, 0.3) is 0 Å². The normalized spacial score (nSPS) is 23.3. The van der Waals surface area contributed by atoms with Crippen molar-refractivity contribution in [3.8, 4) is 0 Å². The summed E-state index contributed by atoms with van der Waals surface area (Å²) in [5.74, 6) is 2.43. The van der Waals surface area contributed by atoms with Crippen LogP contribution >= 0.6 is 11.8 Å². The zero-order valence-electron chi connectivity index (χ0n) is 9.53. The van der Waals surface area contributed by atoms with Crippen LogP contribution < -0.4 is 11.1 Å². The molecule has 2 atom stereocenters. The predicted molar refractivity (Wildman–Crippen MR) is 65.0 cm³/mol. The standard InChI is InChI=1S/C10H21N3OS/c1-13(2)5-4-12-9(10(11)14)8-3-6-15-7-8/h8-9,12H,3-7H2,1-2H3,(H2,11,14). The second kappa shape index (κ2) is 6.35. The Labute approximate surface area is 96.0 Å². The van der Waals surface area contributed by atoms with Crippen molar-refractivity contribution in [1.29, 1.82) is 0 Å². The first kappa shape index (κ1) is 12.8. The number of primary amides is 1. The zero-order valence-corrected chi connectivity index (χ0v) is 10.3. The Morgan fingerprint density at radius 1 is 1.67 bits per heavy atom. The third-order valence-corrected chi connectivity index (χ3v) is 3.85. The molecule has 1 amide bonds. The molecule has 0 bridgehead atoms. The number of nitrogens with one attached hydrogen (secondary N) is 1. The second-order valence-corrected chi connectivity index (χ2v) is 5.41. The van der Waals surface area contributed by atoms with Gasteiger partial charge >= 0.3 is 0 Å². The van der Waals surface area contributed by atoms with Gasteiger partial charge in [-0.2, -0.15) is 11.8 Å². The molecular weight excluding hydrogens is 210 g/mol. The number of rotatable bonds is 6. The molecular formula is C10H21N3OS. The van der Waals surface area contributed by atoms with E-state index in [1.54, 1.807) is 0 Å². The van der Waals surface area contributed by atoms with Crippen molar-refractivity contribution < 1.29 is 4.79 Å². The Morgan fingerprint density at radius 2 is 2.40 bits per heavy atom. The van der Waals surface area contributed by atoms with Crippen molar-refractivity contribution in [2.24, 2.45) is 11.7 Å². The van der Waals surface area contributed by atoms with E-state index < -0.39 is 0 Å². The van der Waals surface area contributed by atoms with Crippen molar-refractivity contribution >= 4 is 17.7 Å². The van der Waals surface area contributed by atoms with Gasteiger partial charge in [0.15, 0.2) is 0 Å². The van der Waals surface area contributed by atoms with Gasteiger partial charge in [0.2, 0.25) is 5.91 Å². The second-order valence-electron chi connectivity index (χ2n) is 4.26. The van der Waals surface area contributed by atoms with Crippen LogP contribution in [0.2, 0.25) is 0 Å². The minimum Gasteiger partial charge on any atom is -0.368 e. The topological polar surface area (TPSA) is 58.4 Å². The monoisotopic (exact) mass is 231 g/mol. The summed E-state index contributed by atoms with van der Waals surface area (Å²) in [5.41, 5.74) is 5.41. The van der Waals surface area contributed by atoms with Gasteiger partial charge in [0.25, 0.3) is 0 Å². The molecule has 1 rings (SSSR count). The molecule has 1 saturated heterocycles. The molecule has 0 saturated carbocycles. The van der Waals surface area contributed by atoms with Crippen LogP contribution in [0.1, 0.15) is 6.42 Å². The van der Waals surface area contributed by atoms with Gasteiger partial charge in [-0.15, -0.1) is 0 Å².